The molecule has 2 N–H and O–H groups in total. The van der Waals surface area contributed by atoms with Crippen molar-refractivity contribution in [2.45, 2.75) is 32.0 Å². The zero-order valence-corrected chi connectivity index (χ0v) is 8.85. The molecular weight excluding hydrogens is 198 g/mol. The van der Waals surface area contributed by atoms with Gasteiger partial charge in [0.15, 0.2) is 0 Å². The highest BCUT2D eigenvalue weighted by Crippen LogP contribution is 2.41. The fourth-order valence-corrected chi connectivity index (χ4v) is 2.56. The minimum Gasteiger partial charge on any atom is -0.465 e. The molecule has 0 saturated carbocycles. The maximum Gasteiger partial charge on any atom is 0.407 e. The molecule has 1 amide bonds. The second kappa shape index (κ2) is 3.64. The van der Waals surface area contributed by atoms with Gasteiger partial charge in [-0.05, 0) is 19.8 Å². The number of likely N-dealkylation sites (tertiary alicyclic amines) is 1. The van der Waals surface area contributed by atoms with E-state index in [-0.39, 0.29) is 11.5 Å². The Kier molecular flexibility index (Phi) is 2.60. The van der Waals surface area contributed by atoms with Gasteiger partial charge in [0.25, 0.3) is 0 Å². The number of nitrogens with zero attached hydrogens (tertiary/aromatic N) is 1. The van der Waals surface area contributed by atoms with E-state index in [1.807, 2.05) is 6.92 Å². The Morgan fingerprint density at radius 3 is 2.47 bits per heavy atom. The number of hydrogen-bond donors (Lipinski definition) is 2. The SMILES string of the molecule is CC1OCC2(CCN(C(=O)O)CC2)C1O. The van der Waals surface area contributed by atoms with E-state index in [4.69, 9.17) is 9.84 Å². The van der Waals surface area contributed by atoms with E-state index < -0.39 is 12.2 Å². The average Bonchev–Trinajstić information content (AvgIpc) is 2.48. The van der Waals surface area contributed by atoms with Crippen molar-refractivity contribution in [3.8, 4) is 0 Å². The summed E-state index contributed by atoms with van der Waals surface area (Å²) in [5.74, 6) is 0. The second-order valence-electron chi connectivity index (χ2n) is 4.59. The van der Waals surface area contributed by atoms with Gasteiger partial charge in [0.05, 0.1) is 18.8 Å². The molecule has 2 aliphatic rings. The molecule has 0 bridgehead atoms. The van der Waals surface area contributed by atoms with Crippen molar-refractivity contribution in [1.29, 1.82) is 0 Å². The van der Waals surface area contributed by atoms with Gasteiger partial charge >= 0.3 is 6.09 Å². The lowest BCUT2D eigenvalue weighted by molar-refractivity contribution is 0.00331. The Morgan fingerprint density at radius 1 is 1.47 bits per heavy atom. The van der Waals surface area contributed by atoms with Crippen molar-refractivity contribution in [2.75, 3.05) is 19.7 Å². The number of hydrogen-bond acceptors (Lipinski definition) is 3. The molecule has 0 aromatic heterocycles. The smallest absolute Gasteiger partial charge is 0.407 e. The molecular formula is C10H17NO4. The predicted molar refractivity (Wildman–Crippen MR) is 52.7 cm³/mol. The van der Waals surface area contributed by atoms with Crippen molar-refractivity contribution in [3.05, 3.63) is 0 Å². The van der Waals surface area contributed by atoms with Gasteiger partial charge < -0.3 is 19.8 Å². The lowest BCUT2D eigenvalue weighted by atomic mass is 9.75. The summed E-state index contributed by atoms with van der Waals surface area (Å²) in [6.07, 6.45) is -0.0450. The Bertz CT molecular complexity index is 260. The van der Waals surface area contributed by atoms with Crippen LogP contribution in [0.1, 0.15) is 19.8 Å². The summed E-state index contributed by atoms with van der Waals surface area (Å²) in [5.41, 5.74) is -0.203. The Labute approximate surface area is 88.6 Å². The molecule has 15 heavy (non-hydrogen) atoms. The van der Waals surface area contributed by atoms with E-state index in [0.29, 0.717) is 32.5 Å². The highest BCUT2D eigenvalue weighted by molar-refractivity contribution is 5.65. The molecule has 2 atom stereocenters. The molecule has 86 valence electrons. The van der Waals surface area contributed by atoms with E-state index in [9.17, 15) is 9.90 Å². The summed E-state index contributed by atoms with van der Waals surface area (Å²) in [7, 11) is 0. The molecule has 2 aliphatic heterocycles. The number of piperidine rings is 1. The molecule has 0 radical (unpaired) electrons. The molecule has 2 heterocycles. The number of carbonyl (C=O) groups is 1. The third kappa shape index (κ3) is 1.70. The first-order chi connectivity index (χ1) is 7.05. The summed E-state index contributed by atoms with van der Waals surface area (Å²) in [5, 5.41) is 18.8. The topological polar surface area (TPSA) is 70.0 Å². The van der Waals surface area contributed by atoms with Crippen LogP contribution in [0.5, 0.6) is 0 Å². The van der Waals surface area contributed by atoms with Gasteiger partial charge in [-0.25, -0.2) is 4.79 Å². The molecule has 0 aromatic carbocycles. The van der Waals surface area contributed by atoms with Crippen LogP contribution in [0, 0.1) is 5.41 Å². The molecule has 1 spiro atoms. The quantitative estimate of drug-likeness (QED) is 0.618. The third-order valence-electron chi connectivity index (χ3n) is 3.74. The van der Waals surface area contributed by atoms with Gasteiger partial charge in [-0.2, -0.15) is 0 Å². The number of amides is 1. The van der Waals surface area contributed by atoms with Gasteiger partial charge in [0.1, 0.15) is 0 Å². The zero-order chi connectivity index (χ0) is 11.1. The van der Waals surface area contributed by atoms with Crippen molar-refractivity contribution < 1.29 is 19.7 Å². The summed E-state index contributed by atoms with van der Waals surface area (Å²) in [6, 6.07) is 0. The average molecular weight is 215 g/mol. The summed E-state index contributed by atoms with van der Waals surface area (Å²) in [4.78, 5) is 12.1. The fourth-order valence-electron chi connectivity index (χ4n) is 2.56. The van der Waals surface area contributed by atoms with Crippen LogP contribution >= 0.6 is 0 Å². The molecule has 0 aromatic rings. The van der Waals surface area contributed by atoms with E-state index in [1.54, 1.807) is 0 Å². The summed E-state index contributed by atoms with van der Waals surface area (Å²) in [6.45, 7) is 3.43. The van der Waals surface area contributed by atoms with Crippen LogP contribution in [-0.2, 0) is 4.74 Å². The molecule has 5 heteroatoms. The monoisotopic (exact) mass is 215 g/mol. The number of aliphatic hydroxyl groups is 1. The van der Waals surface area contributed by atoms with Gasteiger partial charge in [0.2, 0.25) is 0 Å². The van der Waals surface area contributed by atoms with Gasteiger partial charge in [-0.1, -0.05) is 0 Å². The Morgan fingerprint density at radius 2 is 2.07 bits per heavy atom. The predicted octanol–water partition coefficient (Wildman–Crippen LogP) is 0.526. The van der Waals surface area contributed by atoms with Crippen LogP contribution in [0.3, 0.4) is 0 Å². The highest BCUT2D eigenvalue weighted by Gasteiger charge is 2.49. The van der Waals surface area contributed by atoms with Crippen LogP contribution in [0.15, 0.2) is 0 Å². The maximum absolute atomic E-state index is 10.7. The standard InChI is InChI=1S/C10H17NO4/c1-7-8(12)10(6-15-7)2-4-11(5-3-10)9(13)14/h7-8,12H,2-6H2,1H3,(H,13,14). The third-order valence-corrected chi connectivity index (χ3v) is 3.74. The Balaban J connectivity index is 2.00. The molecule has 0 aliphatic carbocycles. The fraction of sp³-hybridized carbons (Fsp3) is 0.900. The summed E-state index contributed by atoms with van der Waals surface area (Å²) >= 11 is 0. The van der Waals surface area contributed by atoms with Crippen molar-refractivity contribution in [2.24, 2.45) is 5.41 Å². The molecule has 5 nitrogen and oxygen atoms in total. The lowest BCUT2D eigenvalue weighted by Gasteiger charge is -2.39. The number of ether oxygens (including phenoxy) is 1. The largest absolute Gasteiger partial charge is 0.465 e. The molecule has 2 rings (SSSR count). The van der Waals surface area contributed by atoms with Crippen LogP contribution in [-0.4, -0.2) is 53.1 Å². The first-order valence-corrected chi connectivity index (χ1v) is 5.33. The van der Waals surface area contributed by atoms with E-state index in [2.05, 4.69) is 0 Å². The van der Waals surface area contributed by atoms with E-state index in [1.165, 1.54) is 4.90 Å². The first-order valence-electron chi connectivity index (χ1n) is 5.33. The van der Waals surface area contributed by atoms with Gasteiger partial charge in [0, 0.05) is 18.5 Å². The van der Waals surface area contributed by atoms with Crippen LogP contribution in [0.4, 0.5) is 4.79 Å². The van der Waals surface area contributed by atoms with Crippen LogP contribution < -0.4 is 0 Å². The molecule has 2 unspecified atom stereocenters. The summed E-state index contributed by atoms with van der Waals surface area (Å²) < 4.78 is 5.44. The van der Waals surface area contributed by atoms with Gasteiger partial charge in [-0.3, -0.25) is 0 Å². The second-order valence-corrected chi connectivity index (χ2v) is 4.59. The molecule has 2 saturated heterocycles. The maximum atomic E-state index is 10.7. The zero-order valence-electron chi connectivity index (χ0n) is 8.85. The molecule has 2 fully saturated rings. The highest BCUT2D eigenvalue weighted by atomic mass is 16.5. The number of aliphatic hydroxyl groups excluding tert-OH is 1. The first kappa shape index (κ1) is 10.7. The minimum atomic E-state index is -0.869. The van der Waals surface area contributed by atoms with Crippen molar-refractivity contribution >= 4 is 6.09 Å². The van der Waals surface area contributed by atoms with E-state index in [0.717, 1.165) is 0 Å². The van der Waals surface area contributed by atoms with Gasteiger partial charge in [-0.15, -0.1) is 0 Å². The van der Waals surface area contributed by atoms with Crippen molar-refractivity contribution in [1.82, 2.24) is 4.90 Å². The minimum absolute atomic E-state index is 0.124. The Hall–Kier alpha value is -0.810. The van der Waals surface area contributed by atoms with Crippen LogP contribution in [0.2, 0.25) is 0 Å². The lowest BCUT2D eigenvalue weighted by Crippen LogP contribution is -2.48. The normalized spacial score (nSPS) is 34.7. The van der Waals surface area contributed by atoms with Crippen molar-refractivity contribution in [3.63, 3.8) is 0 Å². The van der Waals surface area contributed by atoms with Crippen LogP contribution in [0.25, 0.3) is 0 Å². The van der Waals surface area contributed by atoms with E-state index >= 15 is 0 Å². The number of carboxylic acid groups (broad SMARTS) is 1. The number of rotatable bonds is 0.